The van der Waals surface area contributed by atoms with Crippen LogP contribution in [0.1, 0.15) is 37.7 Å². The van der Waals surface area contributed by atoms with Crippen LogP contribution in [0, 0.1) is 17.2 Å². The molecule has 3 nitrogen and oxygen atoms in total. The van der Waals surface area contributed by atoms with E-state index >= 15 is 0 Å². The second-order valence-electron chi connectivity index (χ2n) is 6.02. The minimum atomic E-state index is -0.461. The minimum Gasteiger partial charge on any atom is -0.389 e. The van der Waals surface area contributed by atoms with Gasteiger partial charge in [0.05, 0.1) is 16.9 Å². The molecule has 1 aromatic rings. The number of halogens is 1. The zero-order valence-corrected chi connectivity index (χ0v) is 13.1. The van der Waals surface area contributed by atoms with Gasteiger partial charge in [0, 0.05) is 23.5 Å². The third-order valence-electron chi connectivity index (χ3n) is 4.85. The molecule has 1 heterocycles. The van der Waals surface area contributed by atoms with Gasteiger partial charge in [-0.1, -0.05) is 28.8 Å². The van der Waals surface area contributed by atoms with Gasteiger partial charge in [0.25, 0.3) is 0 Å². The molecular formula is C16H19BrN2O. The Morgan fingerprint density at radius 1 is 1.35 bits per heavy atom. The molecular weight excluding hydrogens is 316 g/mol. The molecule has 2 unspecified atom stereocenters. The van der Waals surface area contributed by atoms with E-state index in [0.717, 1.165) is 48.9 Å². The third-order valence-corrected chi connectivity index (χ3v) is 5.34. The van der Waals surface area contributed by atoms with E-state index in [1.54, 1.807) is 0 Å². The lowest BCUT2D eigenvalue weighted by molar-refractivity contribution is -0.0612. The molecule has 1 aromatic carbocycles. The first-order valence-electron chi connectivity index (χ1n) is 7.29. The van der Waals surface area contributed by atoms with Crippen molar-refractivity contribution in [1.82, 2.24) is 0 Å². The molecule has 1 saturated heterocycles. The largest absolute Gasteiger partial charge is 0.389 e. The summed E-state index contributed by atoms with van der Waals surface area (Å²) in [6, 6.07) is 8.15. The number of aliphatic hydroxyl groups is 1. The Hall–Kier alpha value is -1.05. The predicted molar refractivity (Wildman–Crippen MR) is 82.6 cm³/mol. The zero-order chi connectivity index (χ0) is 14.2. The molecule has 2 fully saturated rings. The van der Waals surface area contributed by atoms with Crippen molar-refractivity contribution in [1.29, 1.82) is 5.26 Å². The summed E-state index contributed by atoms with van der Waals surface area (Å²) in [5.41, 5.74) is 1.25. The number of benzene rings is 1. The van der Waals surface area contributed by atoms with Crippen molar-refractivity contribution in [2.45, 2.75) is 37.7 Å². The van der Waals surface area contributed by atoms with E-state index in [1.807, 2.05) is 18.2 Å². The average molecular weight is 335 g/mol. The van der Waals surface area contributed by atoms with E-state index in [9.17, 15) is 10.4 Å². The average Bonchev–Trinajstić information content (AvgIpc) is 2.46. The fraction of sp³-hybridized carbons (Fsp3) is 0.562. The SMILES string of the molecule is N#Cc1cc(Br)ccc1N1CCC2(O)CCCCC2C1. The Kier molecular flexibility index (Phi) is 3.74. The monoisotopic (exact) mass is 334 g/mol. The highest BCUT2D eigenvalue weighted by Crippen LogP contribution is 2.41. The van der Waals surface area contributed by atoms with Crippen molar-refractivity contribution >= 4 is 21.6 Å². The summed E-state index contributed by atoms with van der Waals surface area (Å²) in [4.78, 5) is 2.27. The Morgan fingerprint density at radius 3 is 3.00 bits per heavy atom. The molecule has 2 aliphatic rings. The molecule has 1 aliphatic carbocycles. The van der Waals surface area contributed by atoms with Crippen molar-refractivity contribution in [3.63, 3.8) is 0 Å². The molecule has 1 N–H and O–H groups in total. The highest BCUT2D eigenvalue weighted by Gasteiger charge is 2.42. The van der Waals surface area contributed by atoms with Crippen LogP contribution in [-0.2, 0) is 0 Å². The first kappa shape index (κ1) is 13.9. The summed E-state index contributed by atoms with van der Waals surface area (Å²) in [7, 11) is 0. The van der Waals surface area contributed by atoms with Crippen LogP contribution in [0.3, 0.4) is 0 Å². The second-order valence-corrected chi connectivity index (χ2v) is 6.93. The van der Waals surface area contributed by atoms with Gasteiger partial charge in [-0.15, -0.1) is 0 Å². The molecule has 1 saturated carbocycles. The molecule has 0 bridgehead atoms. The number of rotatable bonds is 1. The molecule has 0 radical (unpaired) electrons. The smallest absolute Gasteiger partial charge is 0.101 e. The van der Waals surface area contributed by atoms with Crippen LogP contribution in [0.4, 0.5) is 5.69 Å². The fourth-order valence-electron chi connectivity index (χ4n) is 3.66. The van der Waals surface area contributed by atoms with Gasteiger partial charge in [-0.05, 0) is 37.5 Å². The number of fused-ring (bicyclic) bond motifs is 1. The van der Waals surface area contributed by atoms with Gasteiger partial charge in [-0.3, -0.25) is 0 Å². The summed E-state index contributed by atoms with van der Waals surface area (Å²) < 4.78 is 0.934. The van der Waals surface area contributed by atoms with Crippen LogP contribution in [-0.4, -0.2) is 23.8 Å². The zero-order valence-electron chi connectivity index (χ0n) is 11.5. The van der Waals surface area contributed by atoms with Crippen molar-refractivity contribution in [3.05, 3.63) is 28.2 Å². The van der Waals surface area contributed by atoms with E-state index < -0.39 is 5.60 Å². The standard InChI is InChI=1S/C16H19BrN2O/c17-14-4-5-15(12(9-14)10-18)19-8-7-16(20)6-2-1-3-13(16)11-19/h4-5,9,13,20H,1-3,6-8,11H2. The van der Waals surface area contributed by atoms with Gasteiger partial charge in [0.1, 0.15) is 6.07 Å². The van der Waals surface area contributed by atoms with Crippen LogP contribution in [0.2, 0.25) is 0 Å². The first-order valence-corrected chi connectivity index (χ1v) is 8.09. The van der Waals surface area contributed by atoms with E-state index in [-0.39, 0.29) is 0 Å². The quantitative estimate of drug-likeness (QED) is 0.855. The van der Waals surface area contributed by atoms with Gasteiger partial charge in [0.15, 0.2) is 0 Å². The Labute approximate surface area is 128 Å². The van der Waals surface area contributed by atoms with Gasteiger partial charge < -0.3 is 10.0 Å². The maximum Gasteiger partial charge on any atom is 0.101 e. The van der Waals surface area contributed by atoms with Crippen molar-refractivity contribution in [2.75, 3.05) is 18.0 Å². The lowest BCUT2D eigenvalue weighted by Crippen LogP contribution is -2.53. The lowest BCUT2D eigenvalue weighted by Gasteiger charge is -2.48. The summed E-state index contributed by atoms with van der Waals surface area (Å²) in [6.45, 7) is 1.70. The highest BCUT2D eigenvalue weighted by atomic mass is 79.9. The number of piperidine rings is 1. The van der Waals surface area contributed by atoms with Gasteiger partial charge in [-0.25, -0.2) is 0 Å². The maximum atomic E-state index is 10.7. The second kappa shape index (κ2) is 5.38. The van der Waals surface area contributed by atoms with Gasteiger partial charge >= 0.3 is 0 Å². The van der Waals surface area contributed by atoms with E-state index in [1.165, 1.54) is 6.42 Å². The maximum absolute atomic E-state index is 10.7. The molecule has 0 aromatic heterocycles. The minimum absolute atomic E-state index is 0.347. The van der Waals surface area contributed by atoms with Crippen LogP contribution in [0.5, 0.6) is 0 Å². The molecule has 0 amide bonds. The lowest BCUT2D eigenvalue weighted by atomic mass is 9.71. The van der Waals surface area contributed by atoms with Crippen LogP contribution < -0.4 is 4.90 Å². The molecule has 0 spiro atoms. The number of nitriles is 1. The Morgan fingerprint density at radius 2 is 2.20 bits per heavy atom. The Bertz CT molecular complexity index is 554. The number of anilines is 1. The molecule has 4 heteroatoms. The van der Waals surface area contributed by atoms with Crippen molar-refractivity contribution in [3.8, 4) is 6.07 Å². The number of nitrogens with zero attached hydrogens (tertiary/aromatic N) is 2. The van der Waals surface area contributed by atoms with Crippen molar-refractivity contribution in [2.24, 2.45) is 5.92 Å². The molecule has 106 valence electrons. The fourth-order valence-corrected chi connectivity index (χ4v) is 4.02. The van der Waals surface area contributed by atoms with Gasteiger partial charge in [-0.2, -0.15) is 5.26 Å². The van der Waals surface area contributed by atoms with Crippen LogP contribution in [0.15, 0.2) is 22.7 Å². The molecule has 3 rings (SSSR count). The number of hydrogen-bond donors (Lipinski definition) is 1. The van der Waals surface area contributed by atoms with Crippen molar-refractivity contribution < 1.29 is 5.11 Å². The summed E-state index contributed by atoms with van der Waals surface area (Å²) in [5, 5.41) is 20.0. The summed E-state index contributed by atoms with van der Waals surface area (Å²) in [6.07, 6.45) is 5.22. The normalized spacial score (nSPS) is 29.6. The van der Waals surface area contributed by atoms with E-state index in [4.69, 9.17) is 0 Å². The Balaban J connectivity index is 1.85. The van der Waals surface area contributed by atoms with Gasteiger partial charge in [0.2, 0.25) is 0 Å². The highest BCUT2D eigenvalue weighted by molar-refractivity contribution is 9.10. The first-order chi connectivity index (χ1) is 9.62. The summed E-state index contributed by atoms with van der Waals surface area (Å²) >= 11 is 3.42. The van der Waals surface area contributed by atoms with Crippen LogP contribution in [0.25, 0.3) is 0 Å². The van der Waals surface area contributed by atoms with E-state index in [0.29, 0.717) is 11.5 Å². The molecule has 1 aliphatic heterocycles. The summed E-state index contributed by atoms with van der Waals surface area (Å²) in [5.74, 6) is 0.347. The third kappa shape index (κ3) is 2.45. The predicted octanol–water partition coefficient (Wildman–Crippen LogP) is 3.45. The van der Waals surface area contributed by atoms with Crippen LogP contribution >= 0.6 is 15.9 Å². The topological polar surface area (TPSA) is 47.3 Å². The number of hydrogen-bond acceptors (Lipinski definition) is 3. The molecule has 2 atom stereocenters. The molecule has 20 heavy (non-hydrogen) atoms. The van der Waals surface area contributed by atoms with E-state index in [2.05, 4.69) is 26.9 Å².